The van der Waals surface area contributed by atoms with Crippen LogP contribution in [-0.2, 0) is 9.53 Å². The maximum Gasteiger partial charge on any atom is 0.307 e. The van der Waals surface area contributed by atoms with Gasteiger partial charge < -0.3 is 4.74 Å². The quantitative estimate of drug-likeness (QED) is 0.328. The summed E-state index contributed by atoms with van der Waals surface area (Å²) in [6, 6.07) is 8.81. The standard InChI is InChI=1S/C12H12O3/c1-9(15-10(2)13)8-12(14)11-6-4-3-5-7-11/h3-8H,1-2H3. The van der Waals surface area contributed by atoms with Gasteiger partial charge in [-0.3, -0.25) is 9.59 Å². The predicted octanol–water partition coefficient (Wildman–Crippen LogP) is 2.34. The number of rotatable bonds is 3. The van der Waals surface area contributed by atoms with Gasteiger partial charge in [-0.1, -0.05) is 30.3 Å². The molecule has 0 aromatic heterocycles. The smallest absolute Gasteiger partial charge is 0.307 e. The SMILES string of the molecule is CC(=O)OC(C)=CC(=O)c1ccccc1. The molecule has 0 fully saturated rings. The second-order valence-corrected chi connectivity index (χ2v) is 3.08. The van der Waals surface area contributed by atoms with Crippen molar-refractivity contribution >= 4 is 11.8 Å². The lowest BCUT2D eigenvalue weighted by atomic mass is 10.1. The zero-order chi connectivity index (χ0) is 11.3. The molecule has 0 aliphatic carbocycles. The van der Waals surface area contributed by atoms with Crippen LogP contribution in [0.5, 0.6) is 0 Å². The summed E-state index contributed by atoms with van der Waals surface area (Å²) >= 11 is 0. The van der Waals surface area contributed by atoms with Crippen LogP contribution in [0.25, 0.3) is 0 Å². The van der Waals surface area contributed by atoms with E-state index in [1.807, 2.05) is 6.07 Å². The number of ketones is 1. The second kappa shape index (κ2) is 5.10. The van der Waals surface area contributed by atoms with E-state index >= 15 is 0 Å². The van der Waals surface area contributed by atoms with E-state index in [0.29, 0.717) is 11.3 Å². The molecule has 78 valence electrons. The van der Waals surface area contributed by atoms with E-state index in [1.165, 1.54) is 13.0 Å². The van der Waals surface area contributed by atoms with Crippen LogP contribution in [-0.4, -0.2) is 11.8 Å². The Hall–Kier alpha value is -1.90. The highest BCUT2D eigenvalue weighted by Gasteiger charge is 2.03. The molecule has 0 saturated carbocycles. The van der Waals surface area contributed by atoms with Gasteiger partial charge in [0.15, 0.2) is 5.78 Å². The van der Waals surface area contributed by atoms with Crippen LogP contribution in [0.1, 0.15) is 24.2 Å². The first kappa shape index (κ1) is 11.2. The van der Waals surface area contributed by atoms with Crippen LogP contribution in [0.2, 0.25) is 0 Å². The topological polar surface area (TPSA) is 43.4 Å². The third-order valence-corrected chi connectivity index (χ3v) is 1.70. The Balaban J connectivity index is 2.75. The lowest BCUT2D eigenvalue weighted by Gasteiger charge is -2.00. The van der Waals surface area contributed by atoms with E-state index < -0.39 is 5.97 Å². The molecule has 0 atom stereocenters. The normalized spacial score (nSPS) is 10.9. The van der Waals surface area contributed by atoms with E-state index in [0.717, 1.165) is 0 Å². The molecule has 15 heavy (non-hydrogen) atoms. The number of allylic oxidation sites excluding steroid dienone is 2. The van der Waals surface area contributed by atoms with Crippen molar-refractivity contribution in [2.45, 2.75) is 13.8 Å². The van der Waals surface area contributed by atoms with Crippen LogP contribution < -0.4 is 0 Å². The van der Waals surface area contributed by atoms with Gasteiger partial charge in [-0.25, -0.2) is 0 Å². The molecule has 1 aromatic carbocycles. The van der Waals surface area contributed by atoms with Gasteiger partial charge >= 0.3 is 5.97 Å². The van der Waals surface area contributed by atoms with E-state index in [2.05, 4.69) is 0 Å². The minimum Gasteiger partial charge on any atom is -0.431 e. The van der Waals surface area contributed by atoms with E-state index in [-0.39, 0.29) is 5.78 Å². The van der Waals surface area contributed by atoms with Gasteiger partial charge in [-0.15, -0.1) is 0 Å². The Bertz CT molecular complexity index is 391. The van der Waals surface area contributed by atoms with Gasteiger partial charge in [0.2, 0.25) is 0 Å². The Kier molecular flexibility index (Phi) is 3.80. The molecule has 0 bridgehead atoms. The summed E-state index contributed by atoms with van der Waals surface area (Å²) in [4.78, 5) is 22.2. The average Bonchev–Trinajstić information content (AvgIpc) is 2.17. The molecule has 0 saturated heterocycles. The number of carbonyl (C=O) groups is 2. The van der Waals surface area contributed by atoms with Gasteiger partial charge in [0.05, 0.1) is 0 Å². The molecule has 3 nitrogen and oxygen atoms in total. The van der Waals surface area contributed by atoms with Crippen molar-refractivity contribution in [2.24, 2.45) is 0 Å². The zero-order valence-corrected chi connectivity index (χ0v) is 8.69. The summed E-state index contributed by atoms with van der Waals surface area (Å²) in [5.74, 6) is -0.296. The first-order valence-corrected chi connectivity index (χ1v) is 4.55. The van der Waals surface area contributed by atoms with Crippen LogP contribution in [0.3, 0.4) is 0 Å². The highest BCUT2D eigenvalue weighted by Crippen LogP contribution is 2.04. The fourth-order valence-electron chi connectivity index (χ4n) is 1.13. The molecule has 0 amide bonds. The summed E-state index contributed by atoms with van der Waals surface area (Å²) in [6.07, 6.45) is 1.30. The molecule has 0 aliphatic heterocycles. The van der Waals surface area contributed by atoms with Crippen LogP contribution in [0, 0.1) is 0 Å². The molecule has 0 N–H and O–H groups in total. The third kappa shape index (κ3) is 3.77. The Morgan fingerprint density at radius 1 is 1.13 bits per heavy atom. The van der Waals surface area contributed by atoms with Crippen molar-refractivity contribution in [1.29, 1.82) is 0 Å². The molecule has 1 aromatic rings. The lowest BCUT2D eigenvalue weighted by molar-refractivity contribution is -0.136. The molecule has 0 aliphatic rings. The lowest BCUT2D eigenvalue weighted by Crippen LogP contribution is -2.00. The zero-order valence-electron chi connectivity index (χ0n) is 8.69. The fraction of sp³-hybridized carbons (Fsp3) is 0.167. The van der Waals surface area contributed by atoms with Gasteiger partial charge in [-0.2, -0.15) is 0 Å². The monoisotopic (exact) mass is 204 g/mol. The molecule has 0 heterocycles. The maximum absolute atomic E-state index is 11.6. The van der Waals surface area contributed by atoms with E-state index in [4.69, 9.17) is 4.74 Å². The molecule has 1 rings (SSSR count). The predicted molar refractivity (Wildman–Crippen MR) is 56.3 cm³/mol. The fourth-order valence-corrected chi connectivity index (χ4v) is 1.13. The minimum absolute atomic E-state index is 0.172. The Morgan fingerprint density at radius 2 is 1.73 bits per heavy atom. The van der Waals surface area contributed by atoms with Gasteiger partial charge in [0, 0.05) is 18.6 Å². The van der Waals surface area contributed by atoms with Crippen molar-refractivity contribution in [3.05, 3.63) is 47.7 Å². The summed E-state index contributed by atoms with van der Waals surface area (Å²) in [5, 5.41) is 0. The van der Waals surface area contributed by atoms with Gasteiger partial charge in [0.1, 0.15) is 5.76 Å². The Labute approximate surface area is 88.4 Å². The Morgan fingerprint density at radius 3 is 2.27 bits per heavy atom. The van der Waals surface area contributed by atoms with Crippen molar-refractivity contribution in [3.63, 3.8) is 0 Å². The molecule has 3 heteroatoms. The first-order chi connectivity index (χ1) is 7.09. The van der Waals surface area contributed by atoms with E-state index in [9.17, 15) is 9.59 Å². The van der Waals surface area contributed by atoms with Crippen LogP contribution >= 0.6 is 0 Å². The number of hydrogen-bond donors (Lipinski definition) is 0. The van der Waals surface area contributed by atoms with Crippen molar-refractivity contribution in [3.8, 4) is 0 Å². The van der Waals surface area contributed by atoms with Gasteiger partial charge in [0.25, 0.3) is 0 Å². The van der Waals surface area contributed by atoms with Gasteiger partial charge in [-0.05, 0) is 6.92 Å². The number of hydrogen-bond acceptors (Lipinski definition) is 3. The van der Waals surface area contributed by atoms with Crippen LogP contribution in [0.4, 0.5) is 0 Å². The summed E-state index contributed by atoms with van der Waals surface area (Å²) in [5.41, 5.74) is 0.573. The average molecular weight is 204 g/mol. The highest BCUT2D eigenvalue weighted by atomic mass is 16.5. The largest absolute Gasteiger partial charge is 0.431 e. The number of esters is 1. The summed E-state index contributed by atoms with van der Waals surface area (Å²) < 4.78 is 4.74. The molecular weight excluding hydrogens is 192 g/mol. The van der Waals surface area contributed by atoms with Crippen LogP contribution in [0.15, 0.2) is 42.2 Å². The summed E-state index contributed by atoms with van der Waals surface area (Å²) in [7, 11) is 0. The highest BCUT2D eigenvalue weighted by molar-refractivity contribution is 6.04. The first-order valence-electron chi connectivity index (χ1n) is 4.55. The number of benzene rings is 1. The summed E-state index contributed by atoms with van der Waals surface area (Å²) in [6.45, 7) is 2.87. The van der Waals surface area contributed by atoms with Crippen molar-refractivity contribution in [1.82, 2.24) is 0 Å². The number of carbonyl (C=O) groups excluding carboxylic acids is 2. The molecule has 0 radical (unpaired) electrons. The molecular formula is C12H12O3. The van der Waals surface area contributed by atoms with E-state index in [1.54, 1.807) is 31.2 Å². The molecule has 0 unspecified atom stereocenters. The minimum atomic E-state index is -0.426. The van der Waals surface area contributed by atoms with Crippen molar-refractivity contribution < 1.29 is 14.3 Å². The number of ether oxygens (including phenoxy) is 1. The molecule has 0 spiro atoms. The maximum atomic E-state index is 11.6. The third-order valence-electron chi connectivity index (χ3n) is 1.70. The second-order valence-electron chi connectivity index (χ2n) is 3.08. The van der Waals surface area contributed by atoms with Crippen molar-refractivity contribution in [2.75, 3.05) is 0 Å².